The molecular formula is C12H16BrFN2O3S. The molecule has 1 atom stereocenters. The van der Waals surface area contributed by atoms with Crippen LogP contribution in [0.25, 0.3) is 0 Å². The van der Waals surface area contributed by atoms with Crippen LogP contribution in [0.15, 0.2) is 21.5 Å². The maximum absolute atomic E-state index is 14.0. The van der Waals surface area contributed by atoms with Gasteiger partial charge in [-0.3, -0.25) is 0 Å². The molecule has 0 bridgehead atoms. The van der Waals surface area contributed by atoms with Crippen molar-refractivity contribution in [2.45, 2.75) is 11.3 Å². The zero-order valence-corrected chi connectivity index (χ0v) is 13.4. The average Bonchev–Trinajstić information content (AvgIpc) is 2.83. The van der Waals surface area contributed by atoms with Gasteiger partial charge < -0.3 is 10.5 Å². The summed E-state index contributed by atoms with van der Waals surface area (Å²) in [5, 5.41) is 0. The van der Waals surface area contributed by atoms with Crippen LogP contribution in [0.2, 0.25) is 0 Å². The predicted octanol–water partition coefficient (Wildman–Crippen LogP) is 1.83. The topological polar surface area (TPSA) is 72.6 Å². The molecule has 20 heavy (non-hydrogen) atoms. The molecule has 8 heteroatoms. The molecule has 1 saturated heterocycles. The first kappa shape index (κ1) is 15.7. The number of nitrogen functional groups attached to an aromatic ring is 1. The van der Waals surface area contributed by atoms with E-state index in [9.17, 15) is 12.8 Å². The Morgan fingerprint density at radius 1 is 1.55 bits per heavy atom. The number of hydrogen-bond donors (Lipinski definition) is 1. The van der Waals surface area contributed by atoms with Gasteiger partial charge in [-0.15, -0.1) is 0 Å². The van der Waals surface area contributed by atoms with Crippen LogP contribution >= 0.6 is 15.9 Å². The van der Waals surface area contributed by atoms with E-state index in [2.05, 4.69) is 15.9 Å². The lowest BCUT2D eigenvalue weighted by Gasteiger charge is -2.17. The van der Waals surface area contributed by atoms with Crippen molar-refractivity contribution in [2.24, 2.45) is 5.92 Å². The molecule has 1 aromatic rings. The third-order valence-electron chi connectivity index (χ3n) is 3.29. The van der Waals surface area contributed by atoms with Crippen molar-refractivity contribution in [2.75, 3.05) is 32.5 Å². The van der Waals surface area contributed by atoms with E-state index < -0.39 is 15.8 Å². The highest BCUT2D eigenvalue weighted by molar-refractivity contribution is 9.10. The minimum atomic E-state index is -3.87. The summed E-state index contributed by atoms with van der Waals surface area (Å²) in [6, 6.07) is 2.49. The van der Waals surface area contributed by atoms with Crippen molar-refractivity contribution in [3.05, 3.63) is 22.4 Å². The van der Waals surface area contributed by atoms with Crippen LogP contribution in [0.1, 0.15) is 6.42 Å². The molecule has 0 spiro atoms. The minimum absolute atomic E-state index is 0.0451. The fourth-order valence-electron chi connectivity index (χ4n) is 2.30. The molecule has 1 aromatic carbocycles. The van der Waals surface area contributed by atoms with Gasteiger partial charge in [0.2, 0.25) is 10.0 Å². The average molecular weight is 367 g/mol. The number of methoxy groups -OCH3 is 1. The molecule has 5 nitrogen and oxygen atoms in total. The van der Waals surface area contributed by atoms with Crippen molar-refractivity contribution in [1.29, 1.82) is 0 Å². The quantitative estimate of drug-likeness (QED) is 0.825. The molecule has 2 N–H and O–H groups in total. The molecule has 2 rings (SSSR count). The first-order valence-corrected chi connectivity index (χ1v) is 8.33. The van der Waals surface area contributed by atoms with Crippen LogP contribution < -0.4 is 5.73 Å². The SMILES string of the molecule is COCC1CCN(S(=O)(=O)c2cc(N)cc(Br)c2F)C1. The largest absolute Gasteiger partial charge is 0.399 e. The normalized spacial score (nSPS) is 20.4. The van der Waals surface area contributed by atoms with Crippen LogP contribution in [0.4, 0.5) is 10.1 Å². The number of halogens is 2. The fraction of sp³-hybridized carbons (Fsp3) is 0.500. The van der Waals surface area contributed by atoms with Gasteiger partial charge in [0.25, 0.3) is 0 Å². The van der Waals surface area contributed by atoms with Gasteiger partial charge in [-0.25, -0.2) is 12.8 Å². The lowest BCUT2D eigenvalue weighted by molar-refractivity contribution is 0.157. The van der Waals surface area contributed by atoms with Crippen LogP contribution in [0.3, 0.4) is 0 Å². The summed E-state index contributed by atoms with van der Waals surface area (Å²) in [6.45, 7) is 1.19. The maximum Gasteiger partial charge on any atom is 0.246 e. The number of hydrogen-bond acceptors (Lipinski definition) is 4. The third kappa shape index (κ3) is 2.98. The standard InChI is InChI=1S/C12H16BrFN2O3S/c1-19-7-8-2-3-16(6-8)20(17,18)11-5-9(15)4-10(13)12(11)14/h4-5,8H,2-3,6-7,15H2,1H3. The molecule has 0 aromatic heterocycles. The van der Waals surface area contributed by atoms with E-state index in [-0.39, 0.29) is 21.0 Å². The van der Waals surface area contributed by atoms with Crippen LogP contribution in [-0.4, -0.2) is 39.5 Å². The Balaban J connectivity index is 2.32. The first-order chi connectivity index (χ1) is 9.36. The van der Waals surface area contributed by atoms with Crippen molar-refractivity contribution in [1.82, 2.24) is 4.31 Å². The Bertz CT molecular complexity index is 609. The molecule has 1 heterocycles. The molecule has 112 valence electrons. The summed E-state index contributed by atoms with van der Waals surface area (Å²) < 4.78 is 45.4. The zero-order chi connectivity index (χ0) is 14.9. The second-order valence-electron chi connectivity index (χ2n) is 4.79. The van der Waals surface area contributed by atoms with Crippen molar-refractivity contribution >= 4 is 31.6 Å². The van der Waals surface area contributed by atoms with E-state index in [1.54, 1.807) is 7.11 Å². The molecular weight excluding hydrogens is 351 g/mol. The summed E-state index contributed by atoms with van der Waals surface area (Å²) in [5.74, 6) is -0.670. The second-order valence-corrected chi connectivity index (χ2v) is 7.55. The predicted molar refractivity (Wildman–Crippen MR) is 77.3 cm³/mol. The molecule has 1 aliphatic rings. The van der Waals surface area contributed by atoms with E-state index in [1.807, 2.05) is 0 Å². The Morgan fingerprint density at radius 3 is 2.90 bits per heavy atom. The maximum atomic E-state index is 14.0. The highest BCUT2D eigenvalue weighted by Gasteiger charge is 2.34. The summed E-state index contributed by atoms with van der Waals surface area (Å²) in [5.41, 5.74) is 5.80. The summed E-state index contributed by atoms with van der Waals surface area (Å²) >= 11 is 2.98. The van der Waals surface area contributed by atoms with E-state index >= 15 is 0 Å². The molecule has 0 saturated carbocycles. The van der Waals surface area contributed by atoms with Gasteiger partial charge in [0.05, 0.1) is 11.1 Å². The van der Waals surface area contributed by atoms with Crippen molar-refractivity contribution in [3.8, 4) is 0 Å². The van der Waals surface area contributed by atoms with Gasteiger partial charge >= 0.3 is 0 Å². The Labute approximate surface area is 126 Å². The molecule has 0 aliphatic carbocycles. The fourth-order valence-corrected chi connectivity index (χ4v) is 4.56. The third-order valence-corrected chi connectivity index (χ3v) is 5.73. The summed E-state index contributed by atoms with van der Waals surface area (Å²) in [7, 11) is -2.30. The van der Waals surface area contributed by atoms with E-state index in [1.165, 1.54) is 10.4 Å². The Kier molecular flexibility index (Phi) is 4.68. The molecule has 1 unspecified atom stereocenters. The van der Waals surface area contributed by atoms with Crippen molar-refractivity contribution < 1.29 is 17.5 Å². The van der Waals surface area contributed by atoms with Gasteiger partial charge in [0.1, 0.15) is 4.90 Å². The monoisotopic (exact) mass is 366 g/mol. The second kappa shape index (κ2) is 5.97. The number of nitrogens with zero attached hydrogens (tertiary/aromatic N) is 1. The van der Waals surface area contributed by atoms with Gasteiger partial charge in [0.15, 0.2) is 5.82 Å². The number of sulfonamides is 1. The molecule has 0 radical (unpaired) electrons. The van der Waals surface area contributed by atoms with E-state index in [0.29, 0.717) is 26.1 Å². The van der Waals surface area contributed by atoms with E-state index in [4.69, 9.17) is 10.5 Å². The van der Waals surface area contributed by atoms with Crippen molar-refractivity contribution in [3.63, 3.8) is 0 Å². The number of benzene rings is 1. The highest BCUT2D eigenvalue weighted by atomic mass is 79.9. The van der Waals surface area contributed by atoms with Crippen LogP contribution in [0, 0.1) is 11.7 Å². The number of ether oxygens (including phenoxy) is 1. The van der Waals surface area contributed by atoms with Crippen LogP contribution in [0.5, 0.6) is 0 Å². The van der Waals surface area contributed by atoms with Gasteiger partial charge in [-0.1, -0.05) is 0 Å². The smallest absolute Gasteiger partial charge is 0.246 e. The van der Waals surface area contributed by atoms with Gasteiger partial charge in [-0.05, 0) is 40.4 Å². The van der Waals surface area contributed by atoms with E-state index in [0.717, 1.165) is 6.07 Å². The number of rotatable bonds is 4. The number of nitrogens with two attached hydrogens (primary N) is 1. The van der Waals surface area contributed by atoms with Crippen LogP contribution in [-0.2, 0) is 14.8 Å². The Morgan fingerprint density at radius 2 is 2.25 bits per heavy atom. The highest BCUT2D eigenvalue weighted by Crippen LogP contribution is 2.30. The zero-order valence-electron chi connectivity index (χ0n) is 11.0. The minimum Gasteiger partial charge on any atom is -0.399 e. The first-order valence-electron chi connectivity index (χ1n) is 6.10. The van der Waals surface area contributed by atoms with Gasteiger partial charge in [0, 0.05) is 25.9 Å². The summed E-state index contributed by atoms with van der Waals surface area (Å²) in [4.78, 5) is -0.387. The van der Waals surface area contributed by atoms with Gasteiger partial charge in [-0.2, -0.15) is 4.31 Å². The summed E-state index contributed by atoms with van der Waals surface area (Å²) in [6.07, 6.45) is 0.707. The molecule has 1 aliphatic heterocycles. The number of anilines is 1. The Hall–Kier alpha value is -0.700. The molecule has 0 amide bonds. The lowest BCUT2D eigenvalue weighted by atomic mass is 10.1. The molecule has 1 fully saturated rings. The lowest BCUT2D eigenvalue weighted by Crippen LogP contribution is -2.30.